The molecule has 7 heteroatoms. The lowest BCUT2D eigenvalue weighted by molar-refractivity contribution is 0.316. The van der Waals surface area contributed by atoms with Crippen LogP contribution in [0.25, 0.3) is 0 Å². The van der Waals surface area contributed by atoms with Gasteiger partial charge in [0.1, 0.15) is 10.7 Å². The Morgan fingerprint density at radius 3 is 2.95 bits per heavy atom. The van der Waals surface area contributed by atoms with E-state index in [1.165, 1.54) is 20.9 Å². The van der Waals surface area contributed by atoms with Crippen LogP contribution in [0.2, 0.25) is 0 Å². The molecule has 2 heterocycles. The second-order valence-corrected chi connectivity index (χ2v) is 7.45. The minimum atomic E-state index is 0.815. The van der Waals surface area contributed by atoms with Gasteiger partial charge in [0.2, 0.25) is 0 Å². The summed E-state index contributed by atoms with van der Waals surface area (Å²) in [7, 11) is 2.11. The molecule has 1 N–H and O–H groups in total. The first-order chi connectivity index (χ1) is 9.19. The van der Waals surface area contributed by atoms with Crippen LogP contribution in [-0.2, 0) is 13.1 Å². The summed E-state index contributed by atoms with van der Waals surface area (Å²) in [4.78, 5) is 2.25. The van der Waals surface area contributed by atoms with Gasteiger partial charge in [-0.25, -0.2) is 0 Å². The van der Waals surface area contributed by atoms with E-state index in [-0.39, 0.29) is 0 Å². The Morgan fingerprint density at radius 1 is 1.42 bits per heavy atom. The molecule has 104 valence electrons. The number of thiophene rings is 1. The van der Waals surface area contributed by atoms with Crippen LogP contribution >= 0.6 is 38.8 Å². The number of nitrogens with zero attached hydrogens (tertiary/aromatic N) is 3. The zero-order valence-electron chi connectivity index (χ0n) is 11.0. The summed E-state index contributed by atoms with van der Waals surface area (Å²) < 4.78 is 5.21. The van der Waals surface area contributed by atoms with Crippen LogP contribution in [0, 0.1) is 0 Å². The molecule has 0 saturated heterocycles. The Bertz CT molecular complexity index is 511. The largest absolute Gasteiger partial charge is 0.374 e. The number of anilines is 1. The topological polar surface area (TPSA) is 41.1 Å². The molecule has 0 spiro atoms. The van der Waals surface area contributed by atoms with Gasteiger partial charge in [-0.05, 0) is 46.4 Å². The van der Waals surface area contributed by atoms with E-state index in [1.807, 2.05) is 0 Å². The molecule has 0 radical (unpaired) electrons. The zero-order valence-corrected chi connectivity index (χ0v) is 14.2. The Labute approximate surface area is 130 Å². The molecule has 0 amide bonds. The van der Waals surface area contributed by atoms with Crippen LogP contribution in [0.5, 0.6) is 0 Å². The number of hydrogen-bond acceptors (Lipinski definition) is 6. The number of aromatic nitrogens is 2. The quantitative estimate of drug-likeness (QED) is 0.814. The summed E-state index contributed by atoms with van der Waals surface area (Å²) >= 11 is 6.65. The van der Waals surface area contributed by atoms with E-state index in [9.17, 15) is 0 Å². The van der Waals surface area contributed by atoms with Gasteiger partial charge in [-0.2, -0.15) is 0 Å². The van der Waals surface area contributed by atoms with Gasteiger partial charge in [-0.1, -0.05) is 11.4 Å². The maximum Gasteiger partial charge on any atom is 0.134 e. The molecule has 0 bridgehead atoms. The maximum absolute atomic E-state index is 4.21. The first kappa shape index (κ1) is 14.9. The highest BCUT2D eigenvalue weighted by atomic mass is 79.9. The van der Waals surface area contributed by atoms with Crippen molar-refractivity contribution in [2.45, 2.75) is 26.4 Å². The average Bonchev–Trinajstić information content (AvgIpc) is 2.96. The standard InChI is InChI=1S/C12H17BrN4S2/c1-3-4-14-12-10(15-16-19-12)7-17(2)6-9-5-11(13)18-8-9/h5,8,14H,3-4,6-7H2,1-2H3. The SMILES string of the molecule is CCCNc1snnc1CN(C)Cc1csc(Br)c1. The Morgan fingerprint density at radius 2 is 2.26 bits per heavy atom. The van der Waals surface area contributed by atoms with Gasteiger partial charge >= 0.3 is 0 Å². The predicted octanol–water partition coefficient (Wildman–Crippen LogP) is 3.82. The smallest absolute Gasteiger partial charge is 0.134 e. The second kappa shape index (κ2) is 7.33. The third-order valence-electron chi connectivity index (χ3n) is 2.59. The van der Waals surface area contributed by atoms with Crippen molar-refractivity contribution in [1.29, 1.82) is 0 Å². The lowest BCUT2D eigenvalue weighted by Crippen LogP contribution is -2.18. The van der Waals surface area contributed by atoms with Gasteiger partial charge < -0.3 is 5.32 Å². The molecule has 4 nitrogen and oxygen atoms in total. The van der Waals surface area contributed by atoms with E-state index in [1.54, 1.807) is 11.3 Å². The van der Waals surface area contributed by atoms with Crippen LogP contribution < -0.4 is 5.32 Å². The lowest BCUT2D eigenvalue weighted by atomic mass is 10.3. The van der Waals surface area contributed by atoms with Crippen LogP contribution in [0.3, 0.4) is 0 Å². The third kappa shape index (κ3) is 4.52. The van der Waals surface area contributed by atoms with Crippen molar-refractivity contribution in [1.82, 2.24) is 14.5 Å². The summed E-state index contributed by atoms with van der Waals surface area (Å²) in [6.07, 6.45) is 1.11. The fourth-order valence-corrected chi connectivity index (χ4v) is 3.54. The fourth-order valence-electron chi connectivity index (χ4n) is 1.74. The second-order valence-electron chi connectivity index (χ2n) is 4.41. The molecule has 2 aromatic heterocycles. The van der Waals surface area contributed by atoms with Crippen molar-refractivity contribution in [3.8, 4) is 0 Å². The van der Waals surface area contributed by atoms with E-state index in [2.05, 4.69) is 61.2 Å². The van der Waals surface area contributed by atoms with E-state index < -0.39 is 0 Å². The normalized spacial score (nSPS) is 11.2. The predicted molar refractivity (Wildman–Crippen MR) is 85.9 cm³/mol. The van der Waals surface area contributed by atoms with Gasteiger partial charge in [0, 0.05) is 31.2 Å². The summed E-state index contributed by atoms with van der Waals surface area (Å²) in [5.41, 5.74) is 2.36. The number of halogens is 1. The van der Waals surface area contributed by atoms with E-state index in [0.717, 1.165) is 36.8 Å². The first-order valence-corrected chi connectivity index (χ1v) is 8.60. The summed E-state index contributed by atoms with van der Waals surface area (Å²) in [5, 5.41) is 10.9. The van der Waals surface area contributed by atoms with Gasteiger partial charge in [0.25, 0.3) is 0 Å². The van der Waals surface area contributed by atoms with E-state index in [4.69, 9.17) is 0 Å². The molecule has 0 unspecified atom stereocenters. The number of nitrogens with one attached hydrogen (secondary N) is 1. The van der Waals surface area contributed by atoms with Crippen LogP contribution in [0.15, 0.2) is 15.2 Å². The summed E-state index contributed by atoms with van der Waals surface area (Å²) in [6, 6.07) is 2.16. The molecule has 2 aromatic rings. The van der Waals surface area contributed by atoms with Crippen LogP contribution in [0.1, 0.15) is 24.6 Å². The van der Waals surface area contributed by atoms with Gasteiger partial charge in [0.15, 0.2) is 0 Å². The van der Waals surface area contributed by atoms with Crippen molar-refractivity contribution in [3.05, 3.63) is 26.5 Å². The Hall–Kier alpha value is -0.500. The highest BCUT2D eigenvalue weighted by molar-refractivity contribution is 9.11. The van der Waals surface area contributed by atoms with E-state index >= 15 is 0 Å². The van der Waals surface area contributed by atoms with Crippen molar-refractivity contribution < 1.29 is 0 Å². The summed E-state index contributed by atoms with van der Waals surface area (Å²) in [6.45, 7) is 4.86. The van der Waals surface area contributed by atoms with E-state index in [0.29, 0.717) is 0 Å². The summed E-state index contributed by atoms with van der Waals surface area (Å²) in [5.74, 6) is 0. The molecule has 0 aliphatic rings. The minimum Gasteiger partial charge on any atom is -0.374 e. The van der Waals surface area contributed by atoms with Gasteiger partial charge in [-0.3, -0.25) is 4.90 Å². The molecular formula is C12H17BrN4S2. The monoisotopic (exact) mass is 360 g/mol. The molecule has 0 aliphatic heterocycles. The highest BCUT2D eigenvalue weighted by Crippen LogP contribution is 2.23. The first-order valence-electron chi connectivity index (χ1n) is 6.15. The van der Waals surface area contributed by atoms with Crippen LogP contribution in [0.4, 0.5) is 5.00 Å². The Kier molecular flexibility index (Phi) is 5.75. The Balaban J connectivity index is 1.91. The highest BCUT2D eigenvalue weighted by Gasteiger charge is 2.11. The molecule has 0 atom stereocenters. The van der Waals surface area contributed by atoms with Crippen molar-refractivity contribution in [2.75, 3.05) is 18.9 Å². The van der Waals surface area contributed by atoms with Gasteiger partial charge in [-0.15, -0.1) is 16.4 Å². The molecule has 0 fully saturated rings. The third-order valence-corrected chi connectivity index (χ3v) is 4.86. The molecule has 19 heavy (non-hydrogen) atoms. The minimum absolute atomic E-state index is 0.815. The fraction of sp³-hybridized carbons (Fsp3) is 0.500. The number of hydrogen-bond donors (Lipinski definition) is 1. The van der Waals surface area contributed by atoms with Crippen molar-refractivity contribution in [3.63, 3.8) is 0 Å². The van der Waals surface area contributed by atoms with Crippen molar-refractivity contribution in [2.24, 2.45) is 0 Å². The molecule has 0 aliphatic carbocycles. The average molecular weight is 361 g/mol. The molecule has 0 aromatic carbocycles. The lowest BCUT2D eigenvalue weighted by Gasteiger charge is -2.15. The number of rotatable bonds is 7. The molecule has 0 saturated carbocycles. The van der Waals surface area contributed by atoms with Crippen LogP contribution in [-0.4, -0.2) is 28.1 Å². The van der Waals surface area contributed by atoms with Crippen molar-refractivity contribution >= 4 is 43.8 Å². The molecular weight excluding hydrogens is 344 g/mol. The zero-order chi connectivity index (χ0) is 13.7. The molecule has 2 rings (SSSR count). The maximum atomic E-state index is 4.21. The van der Waals surface area contributed by atoms with Gasteiger partial charge in [0.05, 0.1) is 3.79 Å².